The molecule has 5 heteroatoms. The van der Waals surface area contributed by atoms with E-state index in [1.165, 1.54) is 6.42 Å². The highest BCUT2D eigenvalue weighted by atomic mass is 79.9. The fraction of sp³-hybridized carbons (Fsp3) is 0.467. The molecule has 1 fully saturated rings. The van der Waals surface area contributed by atoms with Crippen molar-refractivity contribution in [2.75, 3.05) is 13.1 Å². The van der Waals surface area contributed by atoms with Crippen molar-refractivity contribution in [1.82, 2.24) is 4.90 Å². The van der Waals surface area contributed by atoms with E-state index < -0.39 is 6.10 Å². The van der Waals surface area contributed by atoms with Gasteiger partial charge >= 0.3 is 0 Å². The van der Waals surface area contributed by atoms with Crippen LogP contribution >= 0.6 is 15.9 Å². The van der Waals surface area contributed by atoms with Crippen LogP contribution in [0.5, 0.6) is 5.75 Å². The summed E-state index contributed by atoms with van der Waals surface area (Å²) >= 11 is 3.31. The number of rotatable bonds is 4. The predicted molar refractivity (Wildman–Crippen MR) is 80.1 cm³/mol. The summed E-state index contributed by atoms with van der Waals surface area (Å²) in [6, 6.07) is 5.18. The van der Waals surface area contributed by atoms with Gasteiger partial charge in [0.25, 0.3) is 5.91 Å². The summed E-state index contributed by atoms with van der Waals surface area (Å²) in [5.41, 5.74) is 0.442. The van der Waals surface area contributed by atoms with Gasteiger partial charge in [-0.3, -0.25) is 9.59 Å². The van der Waals surface area contributed by atoms with Gasteiger partial charge in [0.2, 0.25) is 0 Å². The van der Waals surface area contributed by atoms with Crippen LogP contribution in [0, 0.1) is 0 Å². The van der Waals surface area contributed by atoms with Crippen LogP contribution in [0.4, 0.5) is 0 Å². The van der Waals surface area contributed by atoms with Crippen LogP contribution in [0.25, 0.3) is 0 Å². The number of ether oxygens (including phenoxy) is 1. The van der Waals surface area contributed by atoms with Crippen molar-refractivity contribution in [2.24, 2.45) is 0 Å². The molecule has 1 aliphatic rings. The first-order valence-corrected chi connectivity index (χ1v) is 7.61. The minimum absolute atomic E-state index is 0.00975. The van der Waals surface area contributed by atoms with Gasteiger partial charge in [-0.1, -0.05) is 15.9 Å². The third kappa shape index (κ3) is 3.60. The first-order valence-electron chi connectivity index (χ1n) is 6.82. The second-order valence-electron chi connectivity index (χ2n) is 4.95. The Morgan fingerprint density at radius 3 is 2.70 bits per heavy atom. The molecule has 1 aromatic carbocycles. The number of carbonyl (C=O) groups excluding carboxylic acids is 2. The molecule has 0 aromatic heterocycles. The fourth-order valence-corrected chi connectivity index (χ4v) is 2.71. The average molecular weight is 340 g/mol. The van der Waals surface area contributed by atoms with Gasteiger partial charge in [0, 0.05) is 17.6 Å². The van der Waals surface area contributed by atoms with E-state index >= 15 is 0 Å². The molecule has 20 heavy (non-hydrogen) atoms. The SMILES string of the molecule is CC(Oc1ccc(Br)cc1C=O)C(=O)N1CCCCC1. The monoisotopic (exact) mass is 339 g/mol. The Labute approximate surface area is 127 Å². The molecular formula is C15H18BrNO3. The molecule has 1 saturated heterocycles. The Balaban J connectivity index is 2.05. The highest BCUT2D eigenvalue weighted by Gasteiger charge is 2.24. The van der Waals surface area contributed by atoms with E-state index in [9.17, 15) is 9.59 Å². The normalized spacial score (nSPS) is 16.6. The van der Waals surface area contributed by atoms with Crippen molar-refractivity contribution in [3.63, 3.8) is 0 Å². The van der Waals surface area contributed by atoms with Gasteiger partial charge in [0.05, 0.1) is 5.56 Å². The lowest BCUT2D eigenvalue weighted by molar-refractivity contribution is -0.138. The second kappa shape index (κ2) is 6.88. The molecule has 0 radical (unpaired) electrons. The second-order valence-corrected chi connectivity index (χ2v) is 5.86. The van der Waals surface area contributed by atoms with Gasteiger partial charge in [-0.05, 0) is 44.4 Å². The quantitative estimate of drug-likeness (QED) is 0.792. The maximum Gasteiger partial charge on any atom is 0.263 e. The molecule has 2 rings (SSSR count). The summed E-state index contributed by atoms with van der Waals surface area (Å²) in [6.45, 7) is 3.33. The molecular weight excluding hydrogens is 322 g/mol. The van der Waals surface area contributed by atoms with Crippen LogP contribution in [-0.2, 0) is 4.79 Å². The smallest absolute Gasteiger partial charge is 0.263 e. The van der Waals surface area contributed by atoms with E-state index in [2.05, 4.69) is 15.9 Å². The standard InChI is InChI=1S/C15H18BrNO3/c1-11(15(19)17-7-3-2-4-8-17)20-14-6-5-13(16)9-12(14)10-18/h5-6,9-11H,2-4,7-8H2,1H3. The number of carbonyl (C=O) groups is 2. The molecule has 4 nitrogen and oxygen atoms in total. The van der Waals surface area contributed by atoms with Crippen molar-refractivity contribution in [3.05, 3.63) is 28.2 Å². The van der Waals surface area contributed by atoms with E-state index in [1.807, 2.05) is 4.90 Å². The Hall–Kier alpha value is -1.36. The molecule has 1 heterocycles. The molecule has 1 aliphatic heterocycles. The average Bonchev–Trinajstić information content (AvgIpc) is 2.49. The summed E-state index contributed by atoms with van der Waals surface area (Å²) in [4.78, 5) is 25.1. The van der Waals surface area contributed by atoms with Crippen LogP contribution in [-0.4, -0.2) is 36.3 Å². The van der Waals surface area contributed by atoms with Crippen molar-refractivity contribution >= 4 is 28.1 Å². The fourth-order valence-electron chi connectivity index (χ4n) is 2.33. The Morgan fingerprint density at radius 1 is 1.35 bits per heavy atom. The lowest BCUT2D eigenvalue weighted by Crippen LogP contribution is -2.43. The number of halogens is 1. The maximum atomic E-state index is 12.3. The molecule has 1 atom stereocenters. The van der Waals surface area contributed by atoms with Gasteiger partial charge < -0.3 is 9.64 Å². The van der Waals surface area contributed by atoms with Gasteiger partial charge in [0.1, 0.15) is 5.75 Å². The lowest BCUT2D eigenvalue weighted by atomic mass is 10.1. The van der Waals surface area contributed by atoms with Crippen LogP contribution in [0.3, 0.4) is 0 Å². The minimum Gasteiger partial charge on any atom is -0.480 e. The summed E-state index contributed by atoms with van der Waals surface area (Å²) < 4.78 is 6.47. The number of hydrogen-bond acceptors (Lipinski definition) is 3. The molecule has 0 aliphatic carbocycles. The lowest BCUT2D eigenvalue weighted by Gasteiger charge is -2.29. The number of benzene rings is 1. The molecule has 108 valence electrons. The minimum atomic E-state index is -0.576. The van der Waals surface area contributed by atoms with Gasteiger partial charge in [-0.25, -0.2) is 0 Å². The molecule has 0 bridgehead atoms. The molecule has 1 unspecified atom stereocenters. The number of likely N-dealkylation sites (tertiary alicyclic amines) is 1. The number of piperidine rings is 1. The highest BCUT2D eigenvalue weighted by Crippen LogP contribution is 2.23. The number of aldehydes is 1. The summed E-state index contributed by atoms with van der Waals surface area (Å²) in [7, 11) is 0. The zero-order chi connectivity index (χ0) is 14.5. The summed E-state index contributed by atoms with van der Waals surface area (Å²) in [5.74, 6) is 0.436. The summed E-state index contributed by atoms with van der Waals surface area (Å²) in [6.07, 6.45) is 3.44. The molecule has 0 N–H and O–H groups in total. The van der Waals surface area contributed by atoms with Crippen LogP contribution in [0.1, 0.15) is 36.5 Å². The zero-order valence-corrected chi connectivity index (χ0v) is 13.1. The molecule has 1 aromatic rings. The van der Waals surface area contributed by atoms with Crippen LogP contribution < -0.4 is 4.74 Å². The van der Waals surface area contributed by atoms with E-state index in [0.29, 0.717) is 11.3 Å². The first-order chi connectivity index (χ1) is 9.61. The molecule has 0 saturated carbocycles. The number of hydrogen-bond donors (Lipinski definition) is 0. The Morgan fingerprint density at radius 2 is 2.05 bits per heavy atom. The predicted octanol–water partition coefficient (Wildman–Crippen LogP) is 3.04. The van der Waals surface area contributed by atoms with Gasteiger partial charge in [0.15, 0.2) is 12.4 Å². The van der Waals surface area contributed by atoms with Crippen molar-refractivity contribution in [1.29, 1.82) is 0 Å². The topological polar surface area (TPSA) is 46.6 Å². The largest absolute Gasteiger partial charge is 0.480 e. The van der Waals surface area contributed by atoms with E-state index in [1.54, 1.807) is 25.1 Å². The molecule has 0 spiro atoms. The highest BCUT2D eigenvalue weighted by molar-refractivity contribution is 9.10. The third-order valence-electron chi connectivity index (χ3n) is 3.42. The maximum absolute atomic E-state index is 12.3. The van der Waals surface area contributed by atoms with Crippen molar-refractivity contribution < 1.29 is 14.3 Å². The first kappa shape index (κ1) is 15.0. The molecule has 1 amide bonds. The Kier molecular flexibility index (Phi) is 5.17. The third-order valence-corrected chi connectivity index (χ3v) is 3.91. The van der Waals surface area contributed by atoms with Crippen molar-refractivity contribution in [2.45, 2.75) is 32.3 Å². The van der Waals surface area contributed by atoms with Crippen LogP contribution in [0.2, 0.25) is 0 Å². The van der Waals surface area contributed by atoms with Crippen molar-refractivity contribution in [3.8, 4) is 5.75 Å². The summed E-state index contributed by atoms with van der Waals surface area (Å²) in [5, 5.41) is 0. The zero-order valence-electron chi connectivity index (χ0n) is 11.5. The Bertz CT molecular complexity index is 498. The van der Waals surface area contributed by atoms with E-state index in [-0.39, 0.29) is 5.91 Å². The van der Waals surface area contributed by atoms with E-state index in [0.717, 1.165) is 36.7 Å². The van der Waals surface area contributed by atoms with Gasteiger partial charge in [-0.2, -0.15) is 0 Å². The number of nitrogens with zero attached hydrogens (tertiary/aromatic N) is 1. The van der Waals surface area contributed by atoms with Crippen LogP contribution in [0.15, 0.2) is 22.7 Å². The number of amides is 1. The van der Waals surface area contributed by atoms with Gasteiger partial charge in [-0.15, -0.1) is 0 Å². The van der Waals surface area contributed by atoms with E-state index in [4.69, 9.17) is 4.74 Å².